The lowest BCUT2D eigenvalue weighted by atomic mass is 10.1. The van der Waals surface area contributed by atoms with Crippen molar-refractivity contribution >= 4 is 34.0 Å². The minimum atomic E-state index is 0.719. The van der Waals surface area contributed by atoms with E-state index in [0.29, 0.717) is 0 Å². The van der Waals surface area contributed by atoms with E-state index in [9.17, 15) is 0 Å². The summed E-state index contributed by atoms with van der Waals surface area (Å²) in [5, 5.41) is 0. The number of halogens is 1. The maximum Gasteiger partial charge on any atom is 0.191 e. The van der Waals surface area contributed by atoms with Crippen molar-refractivity contribution in [2.24, 2.45) is 0 Å². The lowest BCUT2D eigenvalue weighted by molar-refractivity contribution is 1.15. The Morgan fingerprint density at radius 1 is 1.58 bits per heavy atom. The molecule has 1 aromatic carbocycles. The van der Waals surface area contributed by atoms with E-state index >= 15 is 0 Å². The number of rotatable bonds is 1. The number of nitrogens with zero attached hydrogens (tertiary/aromatic N) is 1. The number of anilines is 1. The number of aryl methyl sites for hydroxylation is 1. The average Bonchev–Trinajstić information content (AvgIpc) is 2.09. The second kappa shape index (κ2) is 3.76. The molecule has 2 nitrogen and oxygen atoms in total. The van der Waals surface area contributed by atoms with Crippen LogP contribution in [0.15, 0.2) is 12.1 Å². The summed E-state index contributed by atoms with van der Waals surface area (Å²) in [5.74, 6) is 0. The van der Waals surface area contributed by atoms with Gasteiger partial charge in [-0.3, -0.25) is 0 Å². The van der Waals surface area contributed by atoms with Crippen molar-refractivity contribution in [1.82, 2.24) is 0 Å². The van der Waals surface area contributed by atoms with Gasteiger partial charge in [0, 0.05) is 9.26 Å². The fourth-order valence-electron chi connectivity index (χ4n) is 1.01. The summed E-state index contributed by atoms with van der Waals surface area (Å²) in [4.78, 5) is 3.43. The molecule has 0 spiro atoms. The fraction of sp³-hybridized carbons (Fsp3) is 0.222. The molecule has 0 aliphatic heterocycles. The second-order valence-corrected chi connectivity index (χ2v) is 3.63. The Hall–Kier alpha value is -0.760. The van der Waals surface area contributed by atoms with Crippen LogP contribution in [0.4, 0.5) is 11.4 Å². The van der Waals surface area contributed by atoms with Crippen LogP contribution in [0.25, 0.3) is 4.85 Å². The van der Waals surface area contributed by atoms with Crippen LogP contribution < -0.4 is 5.73 Å². The van der Waals surface area contributed by atoms with Gasteiger partial charge in [-0.25, -0.2) is 4.85 Å². The van der Waals surface area contributed by atoms with Gasteiger partial charge in [0.2, 0.25) is 0 Å². The Kier molecular flexibility index (Phi) is 2.93. The van der Waals surface area contributed by atoms with Crippen molar-refractivity contribution < 1.29 is 0 Å². The third kappa shape index (κ3) is 1.69. The van der Waals surface area contributed by atoms with Crippen LogP contribution in [0.5, 0.6) is 0 Å². The first-order valence-corrected chi connectivity index (χ1v) is 4.72. The molecule has 0 aliphatic rings. The Labute approximate surface area is 85.7 Å². The van der Waals surface area contributed by atoms with Gasteiger partial charge in [-0.2, -0.15) is 0 Å². The minimum absolute atomic E-state index is 0.719. The Morgan fingerprint density at radius 2 is 2.25 bits per heavy atom. The van der Waals surface area contributed by atoms with E-state index in [1.807, 2.05) is 19.1 Å². The van der Waals surface area contributed by atoms with E-state index in [-0.39, 0.29) is 0 Å². The number of nitrogen functional groups attached to an aromatic ring is 1. The first kappa shape index (κ1) is 9.33. The Bertz CT molecular complexity index is 339. The molecule has 0 unspecified atom stereocenters. The summed E-state index contributed by atoms with van der Waals surface area (Å²) in [6, 6.07) is 3.72. The third-order valence-electron chi connectivity index (χ3n) is 1.70. The van der Waals surface area contributed by atoms with E-state index in [1.54, 1.807) is 0 Å². The van der Waals surface area contributed by atoms with Crippen molar-refractivity contribution in [1.29, 1.82) is 0 Å². The molecule has 0 aliphatic carbocycles. The van der Waals surface area contributed by atoms with Crippen molar-refractivity contribution in [3.05, 3.63) is 32.7 Å². The molecule has 62 valence electrons. The third-order valence-corrected chi connectivity index (χ3v) is 2.63. The van der Waals surface area contributed by atoms with Gasteiger partial charge in [-0.1, -0.05) is 6.92 Å². The van der Waals surface area contributed by atoms with Crippen LogP contribution in [-0.2, 0) is 6.42 Å². The van der Waals surface area contributed by atoms with Crippen molar-refractivity contribution in [3.8, 4) is 0 Å². The molecule has 2 N–H and O–H groups in total. The molecule has 0 aromatic heterocycles. The molecule has 0 saturated carbocycles. The zero-order valence-electron chi connectivity index (χ0n) is 6.76. The summed E-state index contributed by atoms with van der Waals surface area (Å²) in [6.07, 6.45) is 0.860. The van der Waals surface area contributed by atoms with Crippen LogP contribution in [0, 0.1) is 10.1 Å². The average molecular weight is 272 g/mol. The fourth-order valence-corrected chi connectivity index (χ4v) is 1.46. The largest absolute Gasteiger partial charge is 0.398 e. The topological polar surface area (TPSA) is 30.4 Å². The van der Waals surface area contributed by atoms with Crippen LogP contribution in [0.2, 0.25) is 0 Å². The predicted molar refractivity (Wildman–Crippen MR) is 59.2 cm³/mol. The molecule has 1 aromatic rings. The van der Waals surface area contributed by atoms with E-state index in [2.05, 4.69) is 27.4 Å². The molecule has 0 bridgehead atoms. The number of hydrogen-bond donors (Lipinski definition) is 1. The summed E-state index contributed by atoms with van der Waals surface area (Å²) < 4.78 is 0.954. The first-order valence-electron chi connectivity index (χ1n) is 3.64. The highest BCUT2D eigenvalue weighted by Gasteiger charge is 2.03. The Balaban J connectivity index is 3.31. The van der Waals surface area contributed by atoms with Gasteiger partial charge in [-0.05, 0) is 46.7 Å². The van der Waals surface area contributed by atoms with Gasteiger partial charge in [0.1, 0.15) is 0 Å². The highest BCUT2D eigenvalue weighted by atomic mass is 127. The van der Waals surface area contributed by atoms with Crippen LogP contribution in [0.1, 0.15) is 12.5 Å². The molecular formula is C9H9IN2. The molecule has 0 amide bonds. The highest BCUT2D eigenvalue weighted by Crippen LogP contribution is 2.27. The van der Waals surface area contributed by atoms with Crippen molar-refractivity contribution in [2.45, 2.75) is 13.3 Å². The van der Waals surface area contributed by atoms with E-state index in [1.165, 1.54) is 0 Å². The molecule has 3 heteroatoms. The van der Waals surface area contributed by atoms with E-state index < -0.39 is 0 Å². The molecular weight excluding hydrogens is 263 g/mol. The molecule has 0 fully saturated rings. The molecule has 1 rings (SSSR count). The van der Waals surface area contributed by atoms with Gasteiger partial charge >= 0.3 is 0 Å². The maximum absolute atomic E-state index is 6.94. The SMILES string of the molecule is [C-]#[N+]c1cc(I)c(N)cc1CC. The molecule has 0 heterocycles. The zero-order valence-corrected chi connectivity index (χ0v) is 8.92. The van der Waals surface area contributed by atoms with E-state index in [4.69, 9.17) is 12.3 Å². The van der Waals surface area contributed by atoms with E-state index in [0.717, 1.165) is 26.9 Å². The predicted octanol–water partition coefficient (Wildman–Crippen LogP) is 2.99. The number of nitrogens with two attached hydrogens (primary N) is 1. The molecule has 0 saturated heterocycles. The quantitative estimate of drug-likeness (QED) is 0.475. The summed E-state index contributed by atoms with van der Waals surface area (Å²) >= 11 is 2.14. The Morgan fingerprint density at radius 3 is 2.75 bits per heavy atom. The number of hydrogen-bond acceptors (Lipinski definition) is 1. The molecule has 0 atom stereocenters. The molecule has 0 radical (unpaired) electrons. The van der Waals surface area contributed by atoms with Crippen LogP contribution in [-0.4, -0.2) is 0 Å². The number of benzene rings is 1. The standard InChI is InChI=1S/C9H9IN2/c1-3-6-4-8(11)7(10)5-9(6)12-2/h4-5H,3,11H2,1H3. The molecule has 12 heavy (non-hydrogen) atoms. The van der Waals surface area contributed by atoms with Crippen molar-refractivity contribution in [2.75, 3.05) is 5.73 Å². The summed E-state index contributed by atoms with van der Waals surface area (Å²) in [5.41, 5.74) is 8.22. The highest BCUT2D eigenvalue weighted by molar-refractivity contribution is 14.1. The maximum atomic E-state index is 6.94. The smallest absolute Gasteiger partial charge is 0.191 e. The zero-order chi connectivity index (χ0) is 9.14. The lowest BCUT2D eigenvalue weighted by Gasteiger charge is -2.04. The first-order chi connectivity index (χ1) is 5.69. The monoisotopic (exact) mass is 272 g/mol. The minimum Gasteiger partial charge on any atom is -0.398 e. The van der Waals surface area contributed by atoms with Gasteiger partial charge in [0.05, 0.1) is 6.57 Å². The van der Waals surface area contributed by atoms with Gasteiger partial charge < -0.3 is 5.73 Å². The van der Waals surface area contributed by atoms with Gasteiger partial charge in [0.25, 0.3) is 0 Å². The van der Waals surface area contributed by atoms with Gasteiger partial charge in [-0.15, -0.1) is 0 Å². The van der Waals surface area contributed by atoms with Gasteiger partial charge in [0.15, 0.2) is 5.69 Å². The summed E-state index contributed by atoms with van der Waals surface area (Å²) in [7, 11) is 0. The lowest BCUT2D eigenvalue weighted by Crippen LogP contribution is -1.91. The van der Waals surface area contributed by atoms with Crippen molar-refractivity contribution in [3.63, 3.8) is 0 Å². The second-order valence-electron chi connectivity index (χ2n) is 2.47. The van der Waals surface area contributed by atoms with Crippen LogP contribution in [0.3, 0.4) is 0 Å². The van der Waals surface area contributed by atoms with Crippen LogP contribution >= 0.6 is 22.6 Å². The summed E-state index contributed by atoms with van der Waals surface area (Å²) in [6.45, 7) is 8.96. The normalized spacial score (nSPS) is 9.42.